The summed E-state index contributed by atoms with van der Waals surface area (Å²) in [4.78, 5) is 29.0. The topological polar surface area (TPSA) is 90.7 Å². The molecule has 0 aliphatic rings. The van der Waals surface area contributed by atoms with Crippen LogP contribution in [0.1, 0.15) is 24.1 Å². The van der Waals surface area contributed by atoms with E-state index in [1.165, 1.54) is 0 Å². The van der Waals surface area contributed by atoms with Gasteiger partial charge in [0.05, 0.1) is 18.7 Å². The second kappa shape index (κ2) is 10.2. The molecule has 0 fully saturated rings. The molecule has 0 spiro atoms. The number of nitrogens with zero attached hydrogens (tertiary/aromatic N) is 1. The summed E-state index contributed by atoms with van der Waals surface area (Å²) < 4.78 is 16.2. The molecule has 0 unspecified atom stereocenters. The summed E-state index contributed by atoms with van der Waals surface area (Å²) >= 11 is 0. The molecule has 0 aliphatic heterocycles. The van der Waals surface area contributed by atoms with Crippen LogP contribution in [0.25, 0.3) is 11.3 Å². The highest BCUT2D eigenvalue weighted by Gasteiger charge is 2.26. The summed E-state index contributed by atoms with van der Waals surface area (Å²) in [6, 6.07) is 17.9. The first kappa shape index (κ1) is 21.1. The molecule has 2 aromatic carbocycles. The van der Waals surface area contributed by atoms with Crippen molar-refractivity contribution in [3.8, 4) is 11.3 Å². The van der Waals surface area contributed by atoms with Crippen LogP contribution < -0.4 is 5.32 Å². The lowest BCUT2D eigenvalue weighted by molar-refractivity contribution is -0.145. The molecule has 0 bridgehead atoms. The molecular weight excluding hydrogens is 384 g/mol. The van der Waals surface area contributed by atoms with Crippen molar-refractivity contribution < 1.29 is 23.5 Å². The average Bonchev–Trinajstić information content (AvgIpc) is 3.13. The zero-order valence-corrected chi connectivity index (χ0v) is 17.0. The van der Waals surface area contributed by atoms with Crippen molar-refractivity contribution >= 4 is 12.1 Å². The summed E-state index contributed by atoms with van der Waals surface area (Å²) in [6.07, 6.45) is -0.670. The minimum atomic E-state index is -0.977. The highest BCUT2D eigenvalue weighted by Crippen LogP contribution is 2.24. The average molecular weight is 408 g/mol. The van der Waals surface area contributed by atoms with Crippen LogP contribution in [0.15, 0.2) is 65.1 Å². The van der Waals surface area contributed by atoms with Crippen LogP contribution in [0.5, 0.6) is 0 Å². The first-order valence-electron chi connectivity index (χ1n) is 9.72. The van der Waals surface area contributed by atoms with Crippen molar-refractivity contribution in [3.63, 3.8) is 0 Å². The number of benzene rings is 2. The zero-order valence-electron chi connectivity index (χ0n) is 17.0. The predicted molar refractivity (Wildman–Crippen MR) is 111 cm³/mol. The third kappa shape index (κ3) is 5.70. The number of aryl methyl sites for hydroxylation is 1. The summed E-state index contributed by atoms with van der Waals surface area (Å²) in [5.74, 6) is 0.374. The largest absolute Gasteiger partial charge is 0.464 e. The number of nitrogens with one attached hydrogen (secondary N) is 1. The Bertz CT molecular complexity index is 970. The molecule has 0 aliphatic carbocycles. The van der Waals surface area contributed by atoms with Crippen LogP contribution >= 0.6 is 0 Å². The fraction of sp³-hybridized carbons (Fsp3) is 0.261. The number of rotatable bonds is 8. The maximum absolute atomic E-state index is 12.4. The number of carbonyl (C=O) groups excluding carboxylic acids is 2. The Kier molecular flexibility index (Phi) is 7.21. The Hall–Kier alpha value is -3.61. The Morgan fingerprint density at radius 2 is 1.70 bits per heavy atom. The van der Waals surface area contributed by atoms with Gasteiger partial charge in [0.2, 0.25) is 0 Å². The lowest BCUT2D eigenvalue weighted by atomic mass is 10.1. The van der Waals surface area contributed by atoms with Crippen molar-refractivity contribution in [2.24, 2.45) is 0 Å². The van der Waals surface area contributed by atoms with Crippen LogP contribution in [0.3, 0.4) is 0 Å². The number of oxazole rings is 1. The minimum absolute atomic E-state index is 0.0486. The molecule has 7 nitrogen and oxygen atoms in total. The first-order valence-corrected chi connectivity index (χ1v) is 9.72. The second-order valence-corrected chi connectivity index (χ2v) is 6.60. The number of ether oxygens (including phenoxy) is 2. The van der Waals surface area contributed by atoms with E-state index in [-0.39, 0.29) is 19.6 Å². The number of carbonyl (C=O) groups is 2. The minimum Gasteiger partial charge on any atom is -0.464 e. The molecule has 1 heterocycles. The Morgan fingerprint density at radius 1 is 1.03 bits per heavy atom. The molecule has 0 radical (unpaired) electrons. The highest BCUT2D eigenvalue weighted by molar-refractivity contribution is 5.81. The molecule has 3 aromatic rings. The molecule has 3 rings (SSSR count). The molecule has 1 aromatic heterocycles. The van der Waals surface area contributed by atoms with Gasteiger partial charge in [-0.05, 0) is 19.4 Å². The lowest BCUT2D eigenvalue weighted by Gasteiger charge is -2.16. The van der Waals surface area contributed by atoms with E-state index in [9.17, 15) is 9.59 Å². The third-order valence-corrected chi connectivity index (χ3v) is 4.33. The quantitative estimate of drug-likeness (QED) is 0.566. The van der Waals surface area contributed by atoms with Gasteiger partial charge in [-0.25, -0.2) is 14.6 Å². The van der Waals surface area contributed by atoms with Gasteiger partial charge in [0.15, 0.2) is 11.7 Å². The number of hydrogen-bond donors (Lipinski definition) is 1. The standard InChI is InChI=1S/C23H24N2O5/c1-3-28-22(26)19(25-23(27)29-15-17-10-6-4-7-11-17)14-20-24-16(2)21(30-20)18-12-8-5-9-13-18/h4-13,19H,3,14-15H2,1-2H3,(H,25,27)/t19-/m0/s1. The van der Waals surface area contributed by atoms with Crippen LogP contribution in [0, 0.1) is 6.92 Å². The fourth-order valence-electron chi connectivity index (χ4n) is 2.91. The van der Waals surface area contributed by atoms with Gasteiger partial charge in [-0.3, -0.25) is 0 Å². The SMILES string of the molecule is CCOC(=O)[C@H](Cc1nc(C)c(-c2ccccc2)o1)NC(=O)OCc1ccccc1. The van der Waals surface area contributed by atoms with Gasteiger partial charge in [0.25, 0.3) is 0 Å². The van der Waals surface area contributed by atoms with Gasteiger partial charge in [0, 0.05) is 5.56 Å². The maximum Gasteiger partial charge on any atom is 0.408 e. The molecule has 1 atom stereocenters. The van der Waals surface area contributed by atoms with E-state index in [1.54, 1.807) is 6.92 Å². The molecule has 0 saturated heterocycles. The fourth-order valence-corrected chi connectivity index (χ4v) is 2.91. The van der Waals surface area contributed by atoms with Crippen LogP contribution in [-0.4, -0.2) is 29.7 Å². The molecule has 156 valence electrons. The second-order valence-electron chi connectivity index (χ2n) is 6.60. The Labute approximate surface area is 175 Å². The molecular formula is C23H24N2O5. The summed E-state index contributed by atoms with van der Waals surface area (Å²) in [5.41, 5.74) is 2.43. The monoisotopic (exact) mass is 408 g/mol. The number of hydrogen-bond acceptors (Lipinski definition) is 6. The number of aromatic nitrogens is 1. The number of esters is 1. The van der Waals surface area contributed by atoms with Crippen molar-refractivity contribution in [2.45, 2.75) is 32.9 Å². The van der Waals surface area contributed by atoms with Crippen molar-refractivity contribution in [1.29, 1.82) is 0 Å². The zero-order chi connectivity index (χ0) is 21.3. The predicted octanol–water partition coefficient (Wildman–Crippen LogP) is 4.05. The van der Waals surface area contributed by atoms with Crippen molar-refractivity contribution in [3.05, 3.63) is 77.8 Å². The van der Waals surface area contributed by atoms with E-state index in [1.807, 2.05) is 67.6 Å². The summed E-state index contributed by atoms with van der Waals surface area (Å²) in [7, 11) is 0. The van der Waals surface area contributed by atoms with Crippen LogP contribution in [0.2, 0.25) is 0 Å². The first-order chi connectivity index (χ1) is 14.6. The Balaban J connectivity index is 1.68. The maximum atomic E-state index is 12.4. The smallest absolute Gasteiger partial charge is 0.408 e. The normalized spacial score (nSPS) is 11.5. The van der Waals surface area contributed by atoms with Gasteiger partial charge in [-0.15, -0.1) is 0 Å². The number of alkyl carbamates (subject to hydrolysis) is 1. The van der Waals surface area contributed by atoms with Gasteiger partial charge < -0.3 is 19.2 Å². The van der Waals surface area contributed by atoms with E-state index < -0.39 is 18.1 Å². The summed E-state index contributed by atoms with van der Waals surface area (Å²) in [6.45, 7) is 3.82. The van der Waals surface area contributed by atoms with E-state index >= 15 is 0 Å². The lowest BCUT2D eigenvalue weighted by Crippen LogP contribution is -2.43. The van der Waals surface area contributed by atoms with Gasteiger partial charge in [-0.1, -0.05) is 60.7 Å². The number of amides is 1. The summed E-state index contributed by atoms with van der Waals surface area (Å²) in [5, 5.41) is 2.55. The third-order valence-electron chi connectivity index (χ3n) is 4.33. The van der Waals surface area contributed by atoms with Crippen LogP contribution in [-0.2, 0) is 27.3 Å². The van der Waals surface area contributed by atoms with E-state index in [0.717, 1.165) is 11.1 Å². The molecule has 0 saturated carbocycles. The van der Waals surface area contributed by atoms with Crippen LogP contribution in [0.4, 0.5) is 4.79 Å². The van der Waals surface area contributed by atoms with Gasteiger partial charge in [0.1, 0.15) is 12.6 Å². The Morgan fingerprint density at radius 3 is 2.37 bits per heavy atom. The molecule has 1 amide bonds. The van der Waals surface area contributed by atoms with E-state index in [2.05, 4.69) is 10.3 Å². The van der Waals surface area contributed by atoms with Gasteiger partial charge in [-0.2, -0.15) is 0 Å². The van der Waals surface area contributed by atoms with Gasteiger partial charge >= 0.3 is 12.1 Å². The van der Waals surface area contributed by atoms with E-state index in [0.29, 0.717) is 17.3 Å². The molecule has 7 heteroatoms. The molecule has 30 heavy (non-hydrogen) atoms. The van der Waals surface area contributed by atoms with Crippen molar-refractivity contribution in [2.75, 3.05) is 6.61 Å². The van der Waals surface area contributed by atoms with E-state index in [4.69, 9.17) is 13.9 Å². The molecule has 1 N–H and O–H groups in total. The highest BCUT2D eigenvalue weighted by atomic mass is 16.6. The van der Waals surface area contributed by atoms with Crippen molar-refractivity contribution in [1.82, 2.24) is 10.3 Å².